The third-order valence-corrected chi connectivity index (χ3v) is 3.21. The number of rotatable bonds is 4. The maximum Gasteiger partial charge on any atom is 0.223 e. The summed E-state index contributed by atoms with van der Waals surface area (Å²) in [5, 5.41) is 3.13. The molecule has 0 aromatic carbocycles. The Balaban J connectivity index is 2.49. The van der Waals surface area contributed by atoms with Gasteiger partial charge in [0.05, 0.1) is 4.47 Å². The zero-order valence-electron chi connectivity index (χ0n) is 9.75. The van der Waals surface area contributed by atoms with Crippen LogP contribution in [0.3, 0.4) is 0 Å². The van der Waals surface area contributed by atoms with Gasteiger partial charge in [-0.3, -0.25) is 4.79 Å². The number of nitrogens with zero attached hydrogens (tertiary/aromatic N) is 2. The molecular formula is C11H16BrN3O. The highest BCUT2D eigenvalue weighted by atomic mass is 79.9. The summed E-state index contributed by atoms with van der Waals surface area (Å²) in [4.78, 5) is 17.1. The van der Waals surface area contributed by atoms with E-state index in [2.05, 4.69) is 26.2 Å². The molecule has 1 aromatic rings. The van der Waals surface area contributed by atoms with E-state index in [-0.39, 0.29) is 5.91 Å². The lowest BCUT2D eigenvalue weighted by Gasteiger charge is -2.12. The van der Waals surface area contributed by atoms with Gasteiger partial charge in [-0.1, -0.05) is 0 Å². The average molecular weight is 286 g/mol. The first kappa shape index (κ1) is 13.0. The van der Waals surface area contributed by atoms with E-state index in [1.165, 1.54) is 0 Å². The Labute approximate surface area is 104 Å². The number of amides is 1. The van der Waals surface area contributed by atoms with Crippen molar-refractivity contribution in [1.82, 2.24) is 9.88 Å². The van der Waals surface area contributed by atoms with Crippen LogP contribution in [-0.2, 0) is 4.79 Å². The van der Waals surface area contributed by atoms with Crippen molar-refractivity contribution in [3.63, 3.8) is 0 Å². The second-order valence-electron chi connectivity index (χ2n) is 3.76. The second-order valence-corrected chi connectivity index (χ2v) is 4.55. The molecule has 0 saturated carbocycles. The second kappa shape index (κ2) is 5.84. The van der Waals surface area contributed by atoms with Gasteiger partial charge in [0, 0.05) is 33.3 Å². The van der Waals surface area contributed by atoms with Gasteiger partial charge in [-0.2, -0.15) is 0 Å². The fourth-order valence-electron chi connectivity index (χ4n) is 1.17. The lowest BCUT2D eigenvalue weighted by molar-refractivity contribution is -0.128. The Kier molecular flexibility index (Phi) is 4.73. The Morgan fingerprint density at radius 3 is 2.88 bits per heavy atom. The molecule has 1 amide bonds. The molecule has 1 rings (SSSR count). The van der Waals surface area contributed by atoms with E-state index in [0.717, 1.165) is 15.9 Å². The molecule has 0 spiro atoms. The van der Waals surface area contributed by atoms with Crippen molar-refractivity contribution >= 4 is 27.7 Å². The van der Waals surface area contributed by atoms with Crippen molar-refractivity contribution in [2.75, 3.05) is 26.0 Å². The number of anilines is 1. The van der Waals surface area contributed by atoms with Gasteiger partial charge in [0.25, 0.3) is 0 Å². The zero-order chi connectivity index (χ0) is 12.1. The SMILES string of the molecule is Cc1ccnc(NCCC(=O)N(C)C)c1Br. The van der Waals surface area contributed by atoms with Crippen LogP contribution in [0.4, 0.5) is 5.82 Å². The van der Waals surface area contributed by atoms with Crippen LogP contribution in [-0.4, -0.2) is 36.4 Å². The van der Waals surface area contributed by atoms with Crippen LogP contribution < -0.4 is 5.32 Å². The number of nitrogens with one attached hydrogen (secondary N) is 1. The van der Waals surface area contributed by atoms with Gasteiger partial charge >= 0.3 is 0 Å². The van der Waals surface area contributed by atoms with E-state index in [0.29, 0.717) is 13.0 Å². The van der Waals surface area contributed by atoms with Crippen LogP contribution in [0.5, 0.6) is 0 Å². The zero-order valence-corrected chi connectivity index (χ0v) is 11.3. The molecule has 0 unspecified atom stereocenters. The third-order valence-electron chi connectivity index (χ3n) is 2.21. The number of halogens is 1. The van der Waals surface area contributed by atoms with E-state index in [9.17, 15) is 4.79 Å². The molecule has 5 heteroatoms. The summed E-state index contributed by atoms with van der Waals surface area (Å²) >= 11 is 3.46. The molecule has 4 nitrogen and oxygen atoms in total. The molecule has 1 heterocycles. The van der Waals surface area contributed by atoms with Crippen molar-refractivity contribution in [3.05, 3.63) is 22.3 Å². The molecule has 1 aromatic heterocycles. The normalized spacial score (nSPS) is 10.0. The van der Waals surface area contributed by atoms with Gasteiger partial charge in [-0.05, 0) is 34.5 Å². The molecule has 88 valence electrons. The summed E-state index contributed by atoms with van der Waals surface area (Å²) in [5.41, 5.74) is 1.12. The number of aryl methyl sites for hydroxylation is 1. The van der Waals surface area contributed by atoms with E-state index in [1.807, 2.05) is 13.0 Å². The molecule has 1 N–H and O–H groups in total. The van der Waals surface area contributed by atoms with E-state index < -0.39 is 0 Å². The van der Waals surface area contributed by atoms with Gasteiger partial charge in [0.15, 0.2) is 0 Å². The van der Waals surface area contributed by atoms with E-state index in [4.69, 9.17) is 0 Å². The molecule has 0 saturated heterocycles. The molecule has 0 radical (unpaired) electrons. The predicted octanol–water partition coefficient (Wildman–Crippen LogP) is 2.04. The fraction of sp³-hybridized carbons (Fsp3) is 0.455. The van der Waals surface area contributed by atoms with Crippen molar-refractivity contribution in [2.45, 2.75) is 13.3 Å². The van der Waals surface area contributed by atoms with E-state index >= 15 is 0 Å². The molecule has 0 fully saturated rings. The monoisotopic (exact) mass is 285 g/mol. The smallest absolute Gasteiger partial charge is 0.223 e. The largest absolute Gasteiger partial charge is 0.369 e. The van der Waals surface area contributed by atoms with Crippen LogP contribution in [0, 0.1) is 6.92 Å². The summed E-state index contributed by atoms with van der Waals surface area (Å²) in [7, 11) is 3.51. The third kappa shape index (κ3) is 3.48. The number of carbonyl (C=O) groups is 1. The molecule has 0 bridgehead atoms. The maximum atomic E-state index is 11.3. The lowest BCUT2D eigenvalue weighted by atomic mass is 10.3. The van der Waals surface area contributed by atoms with Gasteiger partial charge in [-0.25, -0.2) is 4.98 Å². The van der Waals surface area contributed by atoms with Gasteiger partial charge in [0.2, 0.25) is 5.91 Å². The summed E-state index contributed by atoms with van der Waals surface area (Å²) < 4.78 is 0.951. The van der Waals surface area contributed by atoms with Crippen LogP contribution in [0.1, 0.15) is 12.0 Å². The number of hydrogen-bond acceptors (Lipinski definition) is 3. The number of pyridine rings is 1. The quantitative estimate of drug-likeness (QED) is 0.921. The van der Waals surface area contributed by atoms with Crippen LogP contribution >= 0.6 is 15.9 Å². The van der Waals surface area contributed by atoms with Crippen molar-refractivity contribution in [1.29, 1.82) is 0 Å². The lowest BCUT2D eigenvalue weighted by Crippen LogP contribution is -2.24. The summed E-state index contributed by atoms with van der Waals surface area (Å²) in [6.45, 7) is 2.59. The first-order chi connectivity index (χ1) is 7.52. The first-order valence-corrected chi connectivity index (χ1v) is 5.87. The van der Waals surface area contributed by atoms with Crippen LogP contribution in [0.15, 0.2) is 16.7 Å². The summed E-state index contributed by atoms with van der Waals surface area (Å²) in [6, 6.07) is 1.93. The Bertz CT molecular complexity index is 379. The van der Waals surface area contributed by atoms with Gasteiger partial charge in [0.1, 0.15) is 5.82 Å². The number of carbonyl (C=O) groups excluding carboxylic acids is 1. The Hall–Kier alpha value is -1.10. The molecule has 0 aliphatic heterocycles. The molecule has 0 atom stereocenters. The molecule has 0 aliphatic carbocycles. The van der Waals surface area contributed by atoms with Crippen LogP contribution in [0.2, 0.25) is 0 Å². The molecule has 0 aliphatic rings. The topological polar surface area (TPSA) is 45.2 Å². The van der Waals surface area contributed by atoms with Gasteiger partial charge in [-0.15, -0.1) is 0 Å². The van der Waals surface area contributed by atoms with Gasteiger partial charge < -0.3 is 10.2 Å². The minimum atomic E-state index is 0.108. The minimum Gasteiger partial charge on any atom is -0.369 e. The summed E-state index contributed by atoms with van der Waals surface area (Å²) in [5.74, 6) is 0.892. The van der Waals surface area contributed by atoms with Crippen molar-refractivity contribution in [3.8, 4) is 0 Å². The predicted molar refractivity (Wildman–Crippen MR) is 68.5 cm³/mol. The Morgan fingerprint density at radius 1 is 1.56 bits per heavy atom. The number of hydrogen-bond donors (Lipinski definition) is 1. The van der Waals surface area contributed by atoms with Crippen molar-refractivity contribution in [2.24, 2.45) is 0 Å². The maximum absolute atomic E-state index is 11.3. The fourth-order valence-corrected chi connectivity index (χ4v) is 1.55. The highest BCUT2D eigenvalue weighted by Crippen LogP contribution is 2.22. The van der Waals surface area contributed by atoms with Crippen molar-refractivity contribution < 1.29 is 4.79 Å². The Morgan fingerprint density at radius 2 is 2.25 bits per heavy atom. The standard InChI is InChI=1S/C11H16BrN3O/c1-8-4-6-13-11(10(8)12)14-7-5-9(16)15(2)3/h4,6H,5,7H2,1-3H3,(H,13,14). The average Bonchev–Trinajstić information content (AvgIpc) is 2.24. The van der Waals surface area contributed by atoms with Crippen LogP contribution in [0.25, 0.3) is 0 Å². The number of aromatic nitrogens is 1. The van der Waals surface area contributed by atoms with E-state index in [1.54, 1.807) is 25.2 Å². The summed E-state index contributed by atoms with van der Waals surface area (Å²) in [6.07, 6.45) is 2.21. The minimum absolute atomic E-state index is 0.108. The highest BCUT2D eigenvalue weighted by molar-refractivity contribution is 9.10. The first-order valence-electron chi connectivity index (χ1n) is 5.07. The highest BCUT2D eigenvalue weighted by Gasteiger charge is 2.06. The molecule has 16 heavy (non-hydrogen) atoms. The molecular weight excluding hydrogens is 270 g/mol.